The molecule has 0 fully saturated rings. The quantitative estimate of drug-likeness (QED) is 0.647. The summed E-state index contributed by atoms with van der Waals surface area (Å²) < 4.78 is 14.9. The predicted octanol–water partition coefficient (Wildman–Crippen LogP) is 1.99. The molecule has 0 aliphatic heterocycles. The Hall–Kier alpha value is -2.30. The van der Waals surface area contributed by atoms with Crippen LogP contribution in [0.5, 0.6) is 0 Å². The molecule has 1 aromatic heterocycles. The summed E-state index contributed by atoms with van der Waals surface area (Å²) in [7, 11) is 1.73. The normalized spacial score (nSPS) is 11.4. The Morgan fingerprint density at radius 2 is 1.85 bits per heavy atom. The Morgan fingerprint density at radius 3 is 2.50 bits per heavy atom. The molecule has 1 heterocycles. The average molecular weight is 274 g/mol. The maximum absolute atomic E-state index is 12.8. The van der Waals surface area contributed by atoms with Crippen molar-refractivity contribution in [1.82, 2.24) is 15.2 Å². The first kappa shape index (κ1) is 14.1. The van der Waals surface area contributed by atoms with Crippen molar-refractivity contribution in [1.29, 1.82) is 0 Å². The Kier molecular flexibility index (Phi) is 5.17. The number of guanidine groups is 1. The lowest BCUT2D eigenvalue weighted by Gasteiger charge is -2.12. The summed E-state index contributed by atoms with van der Waals surface area (Å²) in [4.78, 5) is 4.15. The molecular formula is C15H19FN4. The first-order chi connectivity index (χ1) is 9.78. The lowest BCUT2D eigenvalue weighted by Crippen LogP contribution is -2.38. The molecule has 1 aromatic carbocycles. The fraction of sp³-hybridized carbons (Fsp3) is 0.267. The van der Waals surface area contributed by atoms with Crippen molar-refractivity contribution in [2.45, 2.75) is 13.1 Å². The molecule has 5 heteroatoms. The molecule has 0 bridgehead atoms. The zero-order chi connectivity index (χ0) is 14.2. The van der Waals surface area contributed by atoms with Gasteiger partial charge < -0.3 is 15.2 Å². The molecule has 106 valence electrons. The van der Waals surface area contributed by atoms with Crippen LogP contribution in [0.15, 0.2) is 53.8 Å². The number of aromatic nitrogens is 1. The highest BCUT2D eigenvalue weighted by Gasteiger charge is 1.98. The Morgan fingerprint density at radius 1 is 1.15 bits per heavy atom. The molecule has 0 spiro atoms. The van der Waals surface area contributed by atoms with Gasteiger partial charge in [-0.05, 0) is 29.8 Å². The standard InChI is InChI=1S/C15H19FN4/c1-17-15(18-8-11-20-9-2-3-10-20)19-12-13-4-6-14(16)7-5-13/h2-7,9-10H,8,11-12H2,1H3,(H2,17,18,19). The van der Waals surface area contributed by atoms with Gasteiger partial charge in [0.15, 0.2) is 5.96 Å². The highest BCUT2D eigenvalue weighted by atomic mass is 19.1. The minimum Gasteiger partial charge on any atom is -0.355 e. The number of nitrogens with one attached hydrogen (secondary N) is 2. The van der Waals surface area contributed by atoms with Crippen LogP contribution in [-0.4, -0.2) is 24.1 Å². The molecule has 4 nitrogen and oxygen atoms in total. The number of aliphatic imine (C=N–C) groups is 1. The van der Waals surface area contributed by atoms with Crippen molar-refractivity contribution in [3.8, 4) is 0 Å². The molecule has 20 heavy (non-hydrogen) atoms. The highest BCUT2D eigenvalue weighted by Crippen LogP contribution is 2.01. The predicted molar refractivity (Wildman–Crippen MR) is 79.0 cm³/mol. The van der Waals surface area contributed by atoms with Gasteiger partial charge in [-0.25, -0.2) is 4.39 Å². The van der Waals surface area contributed by atoms with Gasteiger partial charge in [0.05, 0.1) is 0 Å². The first-order valence-corrected chi connectivity index (χ1v) is 6.57. The average Bonchev–Trinajstić information content (AvgIpc) is 2.97. The topological polar surface area (TPSA) is 41.4 Å². The van der Waals surface area contributed by atoms with Crippen LogP contribution in [-0.2, 0) is 13.1 Å². The van der Waals surface area contributed by atoms with Crippen LogP contribution >= 0.6 is 0 Å². The lowest BCUT2D eigenvalue weighted by atomic mass is 10.2. The largest absolute Gasteiger partial charge is 0.355 e. The Balaban J connectivity index is 1.73. The van der Waals surface area contributed by atoms with Crippen LogP contribution < -0.4 is 10.6 Å². The molecule has 0 aliphatic rings. The summed E-state index contributed by atoms with van der Waals surface area (Å²) in [5.41, 5.74) is 1.01. The van der Waals surface area contributed by atoms with Crippen LogP contribution in [0.4, 0.5) is 4.39 Å². The van der Waals surface area contributed by atoms with E-state index >= 15 is 0 Å². The van der Waals surface area contributed by atoms with Gasteiger partial charge in [-0.15, -0.1) is 0 Å². The molecule has 0 saturated carbocycles. The third-order valence-corrected chi connectivity index (χ3v) is 2.93. The van der Waals surface area contributed by atoms with Gasteiger partial charge in [-0.1, -0.05) is 12.1 Å². The van der Waals surface area contributed by atoms with Crippen LogP contribution in [0.1, 0.15) is 5.56 Å². The van der Waals surface area contributed by atoms with Crippen molar-refractivity contribution in [3.63, 3.8) is 0 Å². The maximum atomic E-state index is 12.8. The van der Waals surface area contributed by atoms with Crippen LogP contribution in [0, 0.1) is 5.82 Å². The molecule has 2 N–H and O–H groups in total. The number of halogens is 1. The van der Waals surface area contributed by atoms with Crippen LogP contribution in [0.3, 0.4) is 0 Å². The number of rotatable bonds is 5. The second-order valence-electron chi connectivity index (χ2n) is 4.40. The number of hydrogen-bond donors (Lipinski definition) is 2. The molecule has 2 aromatic rings. The van der Waals surface area contributed by atoms with Crippen LogP contribution in [0.25, 0.3) is 0 Å². The third kappa shape index (κ3) is 4.42. The van der Waals surface area contributed by atoms with Crippen molar-refractivity contribution in [3.05, 3.63) is 60.2 Å². The van der Waals surface area contributed by atoms with E-state index in [1.807, 2.05) is 24.5 Å². The van der Waals surface area contributed by atoms with Gasteiger partial charge >= 0.3 is 0 Å². The summed E-state index contributed by atoms with van der Waals surface area (Å²) in [6.07, 6.45) is 4.05. The molecule has 0 amide bonds. The smallest absolute Gasteiger partial charge is 0.191 e. The first-order valence-electron chi connectivity index (χ1n) is 6.57. The van der Waals surface area contributed by atoms with Crippen LogP contribution in [0.2, 0.25) is 0 Å². The fourth-order valence-electron chi connectivity index (χ4n) is 1.83. The van der Waals surface area contributed by atoms with Gasteiger partial charge in [0.1, 0.15) is 5.82 Å². The summed E-state index contributed by atoms with van der Waals surface area (Å²) in [6, 6.07) is 10.4. The van der Waals surface area contributed by atoms with E-state index in [1.54, 1.807) is 19.2 Å². The minimum absolute atomic E-state index is 0.219. The van der Waals surface area contributed by atoms with Gasteiger partial charge in [0.2, 0.25) is 0 Å². The summed E-state index contributed by atoms with van der Waals surface area (Å²) in [5.74, 6) is 0.518. The molecule has 2 rings (SSSR count). The molecule has 0 radical (unpaired) electrons. The lowest BCUT2D eigenvalue weighted by molar-refractivity contribution is 0.626. The van der Waals surface area contributed by atoms with E-state index in [9.17, 15) is 4.39 Å². The van der Waals surface area contributed by atoms with E-state index < -0.39 is 0 Å². The minimum atomic E-state index is -0.219. The third-order valence-electron chi connectivity index (χ3n) is 2.93. The molecule has 0 saturated heterocycles. The second kappa shape index (κ2) is 7.33. The molecular weight excluding hydrogens is 255 g/mol. The van der Waals surface area contributed by atoms with Crippen molar-refractivity contribution >= 4 is 5.96 Å². The number of benzene rings is 1. The van der Waals surface area contributed by atoms with E-state index in [0.29, 0.717) is 6.54 Å². The zero-order valence-electron chi connectivity index (χ0n) is 11.5. The fourth-order valence-corrected chi connectivity index (χ4v) is 1.83. The molecule has 0 unspecified atom stereocenters. The Labute approximate surface area is 118 Å². The summed E-state index contributed by atoms with van der Waals surface area (Å²) in [5, 5.41) is 6.43. The molecule has 0 atom stereocenters. The van der Waals surface area contributed by atoms with Gasteiger partial charge in [0, 0.05) is 39.1 Å². The maximum Gasteiger partial charge on any atom is 0.191 e. The second-order valence-corrected chi connectivity index (χ2v) is 4.40. The Bertz CT molecular complexity index is 532. The number of nitrogens with zero attached hydrogens (tertiary/aromatic N) is 2. The van der Waals surface area contributed by atoms with Crippen molar-refractivity contribution < 1.29 is 4.39 Å². The monoisotopic (exact) mass is 274 g/mol. The van der Waals surface area contributed by atoms with Crippen molar-refractivity contribution in [2.75, 3.05) is 13.6 Å². The van der Waals surface area contributed by atoms with Gasteiger partial charge in [0.25, 0.3) is 0 Å². The molecule has 0 aliphatic carbocycles. The van der Waals surface area contributed by atoms with E-state index in [-0.39, 0.29) is 5.82 Å². The van der Waals surface area contributed by atoms with Crippen molar-refractivity contribution in [2.24, 2.45) is 4.99 Å². The van der Waals surface area contributed by atoms with Gasteiger partial charge in [-0.2, -0.15) is 0 Å². The van der Waals surface area contributed by atoms with E-state index in [4.69, 9.17) is 0 Å². The SMILES string of the molecule is CN=C(NCCn1cccc1)NCc1ccc(F)cc1. The summed E-state index contributed by atoms with van der Waals surface area (Å²) in [6.45, 7) is 2.28. The number of hydrogen-bond acceptors (Lipinski definition) is 1. The van der Waals surface area contributed by atoms with Gasteiger partial charge in [-0.3, -0.25) is 4.99 Å². The van der Waals surface area contributed by atoms with E-state index in [0.717, 1.165) is 24.6 Å². The van der Waals surface area contributed by atoms with E-state index in [1.165, 1.54) is 12.1 Å². The summed E-state index contributed by atoms with van der Waals surface area (Å²) >= 11 is 0. The zero-order valence-corrected chi connectivity index (χ0v) is 11.5. The highest BCUT2D eigenvalue weighted by molar-refractivity contribution is 5.79. The van der Waals surface area contributed by atoms with E-state index in [2.05, 4.69) is 20.2 Å².